The third kappa shape index (κ3) is 4.59. The van der Waals surface area contributed by atoms with E-state index >= 15 is 0 Å². The molecule has 2 aromatic carbocycles. The molecule has 0 fully saturated rings. The zero-order valence-electron chi connectivity index (χ0n) is 14.2. The van der Waals surface area contributed by atoms with E-state index in [1.807, 2.05) is 0 Å². The molecule has 0 aliphatic rings. The molecule has 3 rings (SSSR count). The van der Waals surface area contributed by atoms with E-state index < -0.39 is 11.8 Å². The van der Waals surface area contributed by atoms with E-state index in [-0.39, 0.29) is 18.8 Å². The maximum absolute atomic E-state index is 13.7. The molecule has 1 aromatic heterocycles. The highest BCUT2D eigenvalue weighted by atomic mass is 35.5. The number of aromatic nitrogens is 2. The van der Waals surface area contributed by atoms with Gasteiger partial charge in [-0.25, -0.2) is 9.18 Å². The highest BCUT2D eigenvalue weighted by Crippen LogP contribution is 2.26. The summed E-state index contributed by atoms with van der Waals surface area (Å²) in [5.41, 5.74) is 1.84. The SMILES string of the molecule is Cc1cc(C(=O)O)nn1Cc1cc(F)ccc1OCc1ccc(Cl)cc1Cl. The van der Waals surface area contributed by atoms with E-state index in [1.54, 1.807) is 25.1 Å². The van der Waals surface area contributed by atoms with Gasteiger partial charge in [-0.15, -0.1) is 0 Å². The predicted octanol–water partition coefficient (Wildman–Crippen LogP) is 4.96. The van der Waals surface area contributed by atoms with Crippen LogP contribution in [0.1, 0.15) is 27.3 Å². The molecule has 0 saturated carbocycles. The van der Waals surface area contributed by atoms with Gasteiger partial charge in [0.15, 0.2) is 5.69 Å². The van der Waals surface area contributed by atoms with Crippen molar-refractivity contribution in [3.05, 3.63) is 80.8 Å². The first-order valence-electron chi connectivity index (χ1n) is 7.96. The number of rotatable bonds is 6. The first-order valence-corrected chi connectivity index (χ1v) is 8.72. The number of ether oxygens (including phenoxy) is 1. The quantitative estimate of drug-likeness (QED) is 0.625. The molecule has 0 radical (unpaired) electrons. The van der Waals surface area contributed by atoms with Crippen LogP contribution in [-0.4, -0.2) is 20.9 Å². The van der Waals surface area contributed by atoms with Gasteiger partial charge in [0.25, 0.3) is 0 Å². The molecule has 8 heteroatoms. The van der Waals surface area contributed by atoms with Gasteiger partial charge in [-0.1, -0.05) is 29.3 Å². The zero-order valence-corrected chi connectivity index (χ0v) is 15.8. The van der Waals surface area contributed by atoms with Crippen LogP contribution >= 0.6 is 23.2 Å². The Morgan fingerprint density at radius 2 is 1.96 bits per heavy atom. The summed E-state index contributed by atoms with van der Waals surface area (Å²) >= 11 is 12.0. The summed E-state index contributed by atoms with van der Waals surface area (Å²) < 4.78 is 21.0. The minimum Gasteiger partial charge on any atom is -0.488 e. The van der Waals surface area contributed by atoms with Crippen LogP contribution in [0.25, 0.3) is 0 Å². The van der Waals surface area contributed by atoms with Crippen molar-refractivity contribution in [2.45, 2.75) is 20.1 Å². The van der Waals surface area contributed by atoms with Crippen molar-refractivity contribution in [3.63, 3.8) is 0 Å². The van der Waals surface area contributed by atoms with Gasteiger partial charge in [0, 0.05) is 26.9 Å². The predicted molar refractivity (Wildman–Crippen MR) is 100 cm³/mol. The summed E-state index contributed by atoms with van der Waals surface area (Å²) in [4.78, 5) is 11.1. The Bertz CT molecular complexity index is 1000. The molecule has 0 bridgehead atoms. The lowest BCUT2D eigenvalue weighted by Crippen LogP contribution is -2.08. The lowest BCUT2D eigenvalue weighted by atomic mass is 10.2. The number of carbonyl (C=O) groups is 1. The van der Waals surface area contributed by atoms with Gasteiger partial charge in [-0.3, -0.25) is 4.68 Å². The van der Waals surface area contributed by atoms with E-state index in [0.29, 0.717) is 27.1 Å². The molecular formula is C19H15Cl2FN2O3. The third-order valence-electron chi connectivity index (χ3n) is 3.94. The Kier molecular flexibility index (Phi) is 5.68. The smallest absolute Gasteiger partial charge is 0.356 e. The molecule has 0 saturated heterocycles. The van der Waals surface area contributed by atoms with Crippen LogP contribution in [0.15, 0.2) is 42.5 Å². The molecule has 0 atom stereocenters. The number of benzene rings is 2. The fourth-order valence-corrected chi connectivity index (χ4v) is 3.01. The third-order valence-corrected chi connectivity index (χ3v) is 4.53. The van der Waals surface area contributed by atoms with Crippen molar-refractivity contribution >= 4 is 29.2 Å². The van der Waals surface area contributed by atoms with Gasteiger partial charge in [0.05, 0.1) is 6.54 Å². The number of aromatic carboxylic acids is 1. The number of nitrogens with zero attached hydrogens (tertiary/aromatic N) is 2. The lowest BCUT2D eigenvalue weighted by molar-refractivity contribution is 0.0689. The highest BCUT2D eigenvalue weighted by molar-refractivity contribution is 6.35. The van der Waals surface area contributed by atoms with E-state index in [0.717, 1.165) is 5.56 Å². The molecule has 27 heavy (non-hydrogen) atoms. The maximum Gasteiger partial charge on any atom is 0.356 e. The van der Waals surface area contributed by atoms with Gasteiger partial charge in [-0.05, 0) is 43.3 Å². The number of halogens is 3. The van der Waals surface area contributed by atoms with Gasteiger partial charge < -0.3 is 9.84 Å². The second-order valence-corrected chi connectivity index (χ2v) is 6.75. The molecule has 1 heterocycles. The maximum atomic E-state index is 13.7. The molecule has 0 spiro atoms. The first-order chi connectivity index (χ1) is 12.8. The summed E-state index contributed by atoms with van der Waals surface area (Å²) in [5, 5.41) is 14.1. The van der Waals surface area contributed by atoms with Crippen LogP contribution in [0.4, 0.5) is 4.39 Å². The van der Waals surface area contributed by atoms with E-state index in [2.05, 4.69) is 5.10 Å². The molecule has 0 aliphatic heterocycles. The summed E-state index contributed by atoms with van der Waals surface area (Å²) in [6.07, 6.45) is 0. The van der Waals surface area contributed by atoms with E-state index in [9.17, 15) is 9.18 Å². The van der Waals surface area contributed by atoms with Crippen LogP contribution in [0.2, 0.25) is 10.0 Å². The van der Waals surface area contributed by atoms with Gasteiger partial charge >= 0.3 is 5.97 Å². The lowest BCUT2D eigenvalue weighted by Gasteiger charge is -2.13. The highest BCUT2D eigenvalue weighted by Gasteiger charge is 2.14. The molecule has 0 aliphatic carbocycles. The van der Waals surface area contributed by atoms with Crippen molar-refractivity contribution in [3.8, 4) is 5.75 Å². The Hall–Kier alpha value is -2.57. The number of carboxylic acids is 1. The van der Waals surface area contributed by atoms with Crippen LogP contribution < -0.4 is 4.74 Å². The van der Waals surface area contributed by atoms with Crippen molar-refractivity contribution in [2.24, 2.45) is 0 Å². The fourth-order valence-electron chi connectivity index (χ4n) is 2.54. The van der Waals surface area contributed by atoms with Crippen LogP contribution in [-0.2, 0) is 13.2 Å². The van der Waals surface area contributed by atoms with E-state index in [4.69, 9.17) is 33.0 Å². The van der Waals surface area contributed by atoms with Crippen molar-refractivity contribution in [2.75, 3.05) is 0 Å². The topological polar surface area (TPSA) is 64.3 Å². The second-order valence-electron chi connectivity index (χ2n) is 5.91. The molecular weight excluding hydrogens is 394 g/mol. The normalized spacial score (nSPS) is 10.8. The molecule has 1 N–H and O–H groups in total. The molecule has 0 amide bonds. The van der Waals surface area contributed by atoms with E-state index in [1.165, 1.54) is 28.9 Å². The summed E-state index contributed by atoms with van der Waals surface area (Å²) in [6, 6.07) is 10.7. The van der Waals surface area contributed by atoms with Gasteiger partial charge in [-0.2, -0.15) is 5.10 Å². The molecule has 0 unspecified atom stereocenters. The number of hydrogen-bond donors (Lipinski definition) is 1. The zero-order chi connectivity index (χ0) is 19.6. The van der Waals surface area contributed by atoms with Crippen molar-refractivity contribution in [1.29, 1.82) is 0 Å². The average Bonchev–Trinajstić information content (AvgIpc) is 2.97. The van der Waals surface area contributed by atoms with Crippen molar-refractivity contribution in [1.82, 2.24) is 9.78 Å². The standard InChI is InChI=1S/C19H15Cl2FN2O3/c1-11-6-17(19(25)26)23-24(11)9-13-7-15(22)4-5-18(13)27-10-12-2-3-14(20)8-16(12)21/h2-8H,9-10H2,1H3,(H,25,26). The minimum absolute atomic E-state index is 0.0701. The number of carboxylic acid groups (broad SMARTS) is 1. The summed E-state index contributed by atoms with van der Waals surface area (Å²) in [5.74, 6) is -1.09. The summed E-state index contributed by atoms with van der Waals surface area (Å²) in [6.45, 7) is 2.07. The van der Waals surface area contributed by atoms with Crippen LogP contribution in [0, 0.1) is 12.7 Å². The van der Waals surface area contributed by atoms with Gasteiger partial charge in [0.2, 0.25) is 0 Å². The Labute approximate surface area is 164 Å². The number of aryl methyl sites for hydroxylation is 1. The monoisotopic (exact) mass is 408 g/mol. The van der Waals surface area contributed by atoms with Crippen LogP contribution in [0.5, 0.6) is 5.75 Å². The molecule has 3 aromatic rings. The largest absolute Gasteiger partial charge is 0.488 e. The first kappa shape index (κ1) is 19.2. The second kappa shape index (κ2) is 7.98. The van der Waals surface area contributed by atoms with Crippen LogP contribution in [0.3, 0.4) is 0 Å². The fraction of sp³-hybridized carbons (Fsp3) is 0.158. The average molecular weight is 409 g/mol. The Balaban J connectivity index is 1.84. The minimum atomic E-state index is -1.12. The summed E-state index contributed by atoms with van der Waals surface area (Å²) in [7, 11) is 0. The molecule has 5 nitrogen and oxygen atoms in total. The van der Waals surface area contributed by atoms with Crippen molar-refractivity contribution < 1.29 is 19.0 Å². The Morgan fingerprint density at radius 1 is 1.19 bits per heavy atom. The molecule has 140 valence electrons. The Morgan fingerprint density at radius 3 is 2.63 bits per heavy atom. The number of hydrogen-bond acceptors (Lipinski definition) is 3. The van der Waals surface area contributed by atoms with Gasteiger partial charge in [0.1, 0.15) is 18.2 Å².